The van der Waals surface area contributed by atoms with Gasteiger partial charge in [0.1, 0.15) is 17.2 Å². The van der Waals surface area contributed by atoms with Crippen LogP contribution in [0.2, 0.25) is 0 Å². The van der Waals surface area contributed by atoms with E-state index in [4.69, 9.17) is 15.2 Å². The summed E-state index contributed by atoms with van der Waals surface area (Å²) in [6.07, 6.45) is -4.74. The van der Waals surface area contributed by atoms with E-state index in [2.05, 4.69) is 15.3 Å². The molecule has 1 fully saturated rings. The molecule has 9 nitrogen and oxygen atoms in total. The van der Waals surface area contributed by atoms with Gasteiger partial charge in [-0.05, 0) is 23.8 Å². The Kier molecular flexibility index (Phi) is 9.79. The first-order valence-electron chi connectivity index (χ1n) is 12.0. The van der Waals surface area contributed by atoms with Gasteiger partial charge in [-0.3, -0.25) is 4.79 Å². The number of methoxy groups -OCH3 is 2. The van der Waals surface area contributed by atoms with Gasteiger partial charge in [0.15, 0.2) is 17.3 Å². The minimum Gasteiger partial charge on any atom is -0.493 e. The number of aromatic nitrogens is 2. The Labute approximate surface area is 232 Å². The molecule has 0 unspecified atom stereocenters. The summed E-state index contributed by atoms with van der Waals surface area (Å²) in [5, 5.41) is 2.60. The minimum atomic E-state index is -4.48. The summed E-state index contributed by atoms with van der Waals surface area (Å²) in [6, 6.07) is 5.47. The van der Waals surface area contributed by atoms with Gasteiger partial charge in [-0.15, -0.1) is 12.4 Å². The first-order valence-corrected chi connectivity index (χ1v) is 12.0. The number of hydrogen-bond donors (Lipinski definition) is 2. The van der Waals surface area contributed by atoms with E-state index < -0.39 is 30.4 Å². The number of hydrogen-bond acceptors (Lipinski definition) is 8. The third-order valence-electron chi connectivity index (χ3n) is 6.41. The van der Waals surface area contributed by atoms with E-state index in [1.54, 1.807) is 4.90 Å². The molecule has 1 aromatic heterocycles. The van der Waals surface area contributed by atoms with Crippen molar-refractivity contribution in [3.05, 3.63) is 47.5 Å². The molecule has 0 bridgehead atoms. The molecule has 40 heavy (non-hydrogen) atoms. The molecule has 15 heteroatoms. The number of amides is 1. The maximum Gasteiger partial charge on any atom is 0.401 e. The average Bonchev–Trinajstić information content (AvgIpc) is 2.91. The van der Waals surface area contributed by atoms with Gasteiger partial charge in [0, 0.05) is 44.0 Å². The predicted molar refractivity (Wildman–Crippen MR) is 141 cm³/mol. The van der Waals surface area contributed by atoms with Crippen LogP contribution in [0.3, 0.4) is 0 Å². The molecule has 218 valence electrons. The van der Waals surface area contributed by atoms with Gasteiger partial charge in [0.25, 0.3) is 0 Å². The third-order valence-corrected chi connectivity index (χ3v) is 6.41. The second kappa shape index (κ2) is 12.7. The number of fused-ring (bicyclic) bond motifs is 1. The Morgan fingerprint density at radius 3 is 2.30 bits per heavy atom. The fraction of sp³-hybridized carbons (Fsp3) is 0.400. The molecule has 3 aromatic rings. The van der Waals surface area contributed by atoms with Gasteiger partial charge in [-0.2, -0.15) is 18.2 Å². The molecule has 0 aliphatic carbocycles. The van der Waals surface area contributed by atoms with E-state index in [0.29, 0.717) is 5.56 Å². The number of carbonyl (C=O) groups excluding carboxylic acids is 1. The Balaban J connectivity index is 0.00000441. The fourth-order valence-electron chi connectivity index (χ4n) is 4.38. The van der Waals surface area contributed by atoms with Gasteiger partial charge >= 0.3 is 6.18 Å². The summed E-state index contributed by atoms with van der Waals surface area (Å²) in [5.41, 5.74) is 6.40. The summed E-state index contributed by atoms with van der Waals surface area (Å²) in [5.74, 6) is -1.46. The van der Waals surface area contributed by atoms with Crippen LogP contribution in [0.25, 0.3) is 10.9 Å². The summed E-state index contributed by atoms with van der Waals surface area (Å²) in [7, 11) is 2.66. The molecular weight excluding hydrogens is 563 g/mol. The predicted octanol–water partition coefficient (Wildman–Crippen LogP) is 3.86. The van der Waals surface area contributed by atoms with Gasteiger partial charge in [0.2, 0.25) is 11.9 Å². The molecule has 0 saturated carbocycles. The Morgan fingerprint density at radius 1 is 1.07 bits per heavy atom. The van der Waals surface area contributed by atoms with Crippen LogP contribution in [0, 0.1) is 11.6 Å². The van der Waals surface area contributed by atoms with E-state index in [9.17, 15) is 22.4 Å². The Bertz CT molecular complexity index is 1340. The third kappa shape index (κ3) is 6.91. The zero-order valence-corrected chi connectivity index (χ0v) is 22.4. The van der Waals surface area contributed by atoms with Crippen molar-refractivity contribution in [1.29, 1.82) is 0 Å². The normalized spacial score (nSPS) is 14.6. The maximum absolute atomic E-state index is 15.1. The van der Waals surface area contributed by atoms with Crippen molar-refractivity contribution in [2.75, 3.05) is 57.6 Å². The van der Waals surface area contributed by atoms with Crippen LogP contribution in [0.5, 0.6) is 11.5 Å². The number of rotatable bonds is 8. The number of nitrogen functional groups attached to an aromatic ring is 1. The highest BCUT2D eigenvalue weighted by atomic mass is 35.5. The molecule has 0 radical (unpaired) electrons. The van der Waals surface area contributed by atoms with E-state index >= 15 is 4.39 Å². The minimum absolute atomic E-state index is 0. The zero-order valence-electron chi connectivity index (χ0n) is 21.6. The molecule has 1 amide bonds. The average molecular weight is 591 g/mol. The fourth-order valence-corrected chi connectivity index (χ4v) is 4.38. The lowest BCUT2D eigenvalue weighted by Gasteiger charge is -2.35. The number of carbonyl (C=O) groups is 1. The van der Waals surface area contributed by atoms with Crippen molar-refractivity contribution in [3.8, 4) is 11.5 Å². The van der Waals surface area contributed by atoms with Crippen molar-refractivity contribution < 1.29 is 36.2 Å². The number of piperazine rings is 1. The van der Waals surface area contributed by atoms with E-state index in [1.807, 2.05) is 0 Å². The summed E-state index contributed by atoms with van der Waals surface area (Å²) >= 11 is 0. The van der Waals surface area contributed by atoms with E-state index in [-0.39, 0.29) is 85.1 Å². The number of nitrogens with zero attached hydrogens (tertiary/aromatic N) is 4. The molecular formula is C25H28ClF5N6O3. The largest absolute Gasteiger partial charge is 0.493 e. The van der Waals surface area contributed by atoms with Crippen LogP contribution in [0.15, 0.2) is 30.3 Å². The highest BCUT2D eigenvalue weighted by Gasteiger charge is 2.31. The molecule has 1 aliphatic heterocycles. The standard InChI is InChI=1S/C25H27F5N6O3.ClH/c1-38-18-11-16-21(20(27)22(18)39-2)33-24(34-23(16)31)36-9-7-35(8-10-36)19(37)12-17(32-13-25(28,29)30)14-3-5-15(26)6-4-14;/h3-6,11,17,32H,7-10,12-13H2,1-2H3,(H2,31,33,34);1H/t17-;/m1./s1. The lowest BCUT2D eigenvalue weighted by atomic mass is 10.0. The first-order chi connectivity index (χ1) is 18.5. The van der Waals surface area contributed by atoms with Crippen molar-refractivity contribution in [2.45, 2.75) is 18.6 Å². The van der Waals surface area contributed by atoms with Gasteiger partial charge in [-0.25, -0.2) is 13.8 Å². The molecule has 2 aromatic carbocycles. The zero-order chi connectivity index (χ0) is 28.3. The SMILES string of the molecule is COc1cc2c(N)nc(N3CCN(C(=O)C[C@@H](NCC(F)(F)F)c4ccc(F)cc4)CC3)nc2c(F)c1OC.Cl. The van der Waals surface area contributed by atoms with Crippen molar-refractivity contribution in [2.24, 2.45) is 0 Å². The van der Waals surface area contributed by atoms with Crippen LogP contribution >= 0.6 is 12.4 Å². The second-order valence-corrected chi connectivity index (χ2v) is 8.90. The quantitative estimate of drug-likeness (QED) is 0.381. The monoisotopic (exact) mass is 590 g/mol. The molecule has 1 aliphatic rings. The number of halogens is 6. The Morgan fingerprint density at radius 2 is 1.73 bits per heavy atom. The van der Waals surface area contributed by atoms with Gasteiger partial charge < -0.3 is 30.3 Å². The molecule has 2 heterocycles. The molecule has 3 N–H and O–H groups in total. The summed E-state index contributed by atoms with van der Waals surface area (Å²) < 4.78 is 77.2. The molecule has 4 rings (SSSR count). The smallest absolute Gasteiger partial charge is 0.401 e. The number of nitrogens with two attached hydrogens (primary N) is 1. The number of ether oxygens (including phenoxy) is 2. The van der Waals surface area contributed by atoms with Gasteiger partial charge in [0.05, 0.1) is 20.8 Å². The van der Waals surface area contributed by atoms with Gasteiger partial charge in [-0.1, -0.05) is 12.1 Å². The number of nitrogens with one attached hydrogen (secondary N) is 1. The summed E-state index contributed by atoms with van der Waals surface area (Å²) in [4.78, 5) is 24.9. The van der Waals surface area contributed by atoms with Crippen LogP contribution in [-0.4, -0.2) is 73.9 Å². The lowest BCUT2D eigenvalue weighted by Crippen LogP contribution is -2.50. The molecule has 1 saturated heterocycles. The highest BCUT2D eigenvalue weighted by molar-refractivity contribution is 5.92. The number of anilines is 2. The van der Waals surface area contributed by atoms with Crippen LogP contribution < -0.4 is 25.4 Å². The second-order valence-electron chi connectivity index (χ2n) is 8.90. The van der Waals surface area contributed by atoms with Crippen molar-refractivity contribution >= 4 is 41.0 Å². The molecule has 1 atom stereocenters. The summed E-state index contributed by atoms with van der Waals surface area (Å²) in [6.45, 7) is -0.288. The van der Waals surface area contributed by atoms with Crippen molar-refractivity contribution in [3.63, 3.8) is 0 Å². The van der Waals surface area contributed by atoms with E-state index in [1.165, 1.54) is 37.3 Å². The van der Waals surface area contributed by atoms with Crippen LogP contribution in [0.1, 0.15) is 18.0 Å². The topological polar surface area (TPSA) is 106 Å². The van der Waals surface area contributed by atoms with E-state index in [0.717, 1.165) is 12.1 Å². The lowest BCUT2D eigenvalue weighted by molar-refractivity contribution is -0.135. The van der Waals surface area contributed by atoms with Crippen LogP contribution in [-0.2, 0) is 4.79 Å². The highest BCUT2D eigenvalue weighted by Crippen LogP contribution is 2.37. The Hall–Kier alpha value is -3.65. The molecule has 0 spiro atoms. The van der Waals surface area contributed by atoms with Crippen LogP contribution in [0.4, 0.5) is 33.7 Å². The van der Waals surface area contributed by atoms with Crippen molar-refractivity contribution in [1.82, 2.24) is 20.2 Å². The number of alkyl halides is 3. The first kappa shape index (κ1) is 30.9. The number of benzene rings is 2. The maximum atomic E-state index is 15.1.